The molecule has 0 spiro atoms. The highest BCUT2D eigenvalue weighted by atomic mass is 16.3. The van der Waals surface area contributed by atoms with Gasteiger partial charge in [0, 0.05) is 38.1 Å². The van der Waals surface area contributed by atoms with Crippen LogP contribution in [0.15, 0.2) is 22.8 Å². The zero-order valence-electron chi connectivity index (χ0n) is 16.1. The Hall–Kier alpha value is -1.82. The smallest absolute Gasteiger partial charge is 0.289 e. The van der Waals surface area contributed by atoms with Crippen molar-refractivity contribution in [3.05, 3.63) is 24.2 Å². The first-order valence-electron chi connectivity index (χ1n) is 10.6. The lowest BCUT2D eigenvalue weighted by Crippen LogP contribution is -2.55. The number of likely N-dealkylation sites (tertiary alicyclic amines) is 2. The Labute approximate surface area is 161 Å². The Morgan fingerprint density at radius 2 is 1.89 bits per heavy atom. The van der Waals surface area contributed by atoms with Crippen LogP contribution >= 0.6 is 0 Å². The van der Waals surface area contributed by atoms with E-state index in [4.69, 9.17) is 4.42 Å². The Bertz CT molecular complexity index is 635. The molecule has 6 nitrogen and oxygen atoms in total. The summed E-state index contributed by atoms with van der Waals surface area (Å²) in [5.74, 6) is 0.863. The number of furan rings is 1. The number of piperidine rings is 1. The summed E-state index contributed by atoms with van der Waals surface area (Å²) in [6.45, 7) is 5.42. The Morgan fingerprint density at radius 1 is 1.07 bits per heavy atom. The molecule has 1 aromatic heterocycles. The van der Waals surface area contributed by atoms with Crippen molar-refractivity contribution in [2.24, 2.45) is 5.92 Å². The molecule has 1 saturated carbocycles. The molecule has 1 aliphatic carbocycles. The van der Waals surface area contributed by atoms with Gasteiger partial charge in [0.25, 0.3) is 5.91 Å². The summed E-state index contributed by atoms with van der Waals surface area (Å²) in [5, 5.41) is 0. The standard InChI is InChI=1S/C21H31N3O3/c25-20(17-6-3-7-17)24(14-13-22-10-1-2-11-22)18-8-4-12-23(16-18)21(26)19-9-5-15-27-19/h5,9,15,17-18H,1-4,6-8,10-14,16H2. The van der Waals surface area contributed by atoms with Crippen LogP contribution < -0.4 is 0 Å². The maximum atomic E-state index is 13.1. The highest BCUT2D eigenvalue weighted by molar-refractivity contribution is 5.91. The van der Waals surface area contributed by atoms with Gasteiger partial charge in [-0.2, -0.15) is 0 Å². The molecule has 0 radical (unpaired) electrons. The average molecular weight is 373 g/mol. The van der Waals surface area contributed by atoms with E-state index in [2.05, 4.69) is 9.80 Å². The second-order valence-corrected chi connectivity index (χ2v) is 8.23. The van der Waals surface area contributed by atoms with E-state index in [9.17, 15) is 9.59 Å². The molecule has 1 aromatic rings. The lowest BCUT2D eigenvalue weighted by molar-refractivity contribution is -0.141. The van der Waals surface area contributed by atoms with Crippen LogP contribution in [0.1, 0.15) is 55.5 Å². The highest BCUT2D eigenvalue weighted by Gasteiger charge is 2.36. The number of rotatable bonds is 6. The molecule has 2 aliphatic heterocycles. The molecule has 148 valence electrons. The first-order valence-corrected chi connectivity index (χ1v) is 10.6. The maximum absolute atomic E-state index is 13.1. The fraction of sp³-hybridized carbons (Fsp3) is 0.714. The van der Waals surface area contributed by atoms with Crippen LogP contribution in [-0.4, -0.2) is 71.8 Å². The number of nitrogens with zero attached hydrogens (tertiary/aromatic N) is 3. The summed E-state index contributed by atoms with van der Waals surface area (Å²) in [6.07, 6.45) is 9.23. The summed E-state index contributed by atoms with van der Waals surface area (Å²) in [4.78, 5) is 32.3. The van der Waals surface area contributed by atoms with E-state index in [-0.39, 0.29) is 17.9 Å². The van der Waals surface area contributed by atoms with Gasteiger partial charge in [-0.25, -0.2) is 0 Å². The number of hydrogen-bond acceptors (Lipinski definition) is 4. The number of carbonyl (C=O) groups is 2. The van der Waals surface area contributed by atoms with Crippen molar-refractivity contribution < 1.29 is 14.0 Å². The maximum Gasteiger partial charge on any atom is 0.289 e. The first kappa shape index (κ1) is 18.5. The highest BCUT2D eigenvalue weighted by Crippen LogP contribution is 2.30. The van der Waals surface area contributed by atoms with Crippen molar-refractivity contribution in [2.45, 2.75) is 51.0 Å². The molecule has 1 atom stereocenters. The summed E-state index contributed by atoms with van der Waals surface area (Å²) in [5.41, 5.74) is 0. The van der Waals surface area contributed by atoms with Crippen molar-refractivity contribution in [3.8, 4) is 0 Å². The van der Waals surface area contributed by atoms with E-state index in [0.29, 0.717) is 18.2 Å². The number of hydrogen-bond donors (Lipinski definition) is 0. The van der Waals surface area contributed by atoms with Crippen LogP contribution in [-0.2, 0) is 4.79 Å². The third-order valence-corrected chi connectivity index (χ3v) is 6.45. The fourth-order valence-electron chi connectivity index (χ4n) is 4.57. The molecule has 2 amide bonds. The summed E-state index contributed by atoms with van der Waals surface area (Å²) in [6, 6.07) is 3.60. The van der Waals surface area contributed by atoms with Gasteiger partial charge in [0.2, 0.25) is 5.91 Å². The van der Waals surface area contributed by atoms with Crippen molar-refractivity contribution in [1.82, 2.24) is 14.7 Å². The van der Waals surface area contributed by atoms with Crippen LogP contribution in [0.4, 0.5) is 0 Å². The zero-order valence-corrected chi connectivity index (χ0v) is 16.1. The Balaban J connectivity index is 1.42. The largest absolute Gasteiger partial charge is 0.459 e. The van der Waals surface area contributed by atoms with Gasteiger partial charge in [0.05, 0.1) is 6.26 Å². The van der Waals surface area contributed by atoms with Crippen LogP contribution in [0.5, 0.6) is 0 Å². The quantitative estimate of drug-likeness (QED) is 0.769. The van der Waals surface area contributed by atoms with E-state index in [1.807, 2.05) is 4.90 Å². The fourth-order valence-corrected chi connectivity index (χ4v) is 4.57. The van der Waals surface area contributed by atoms with Crippen molar-refractivity contribution in [3.63, 3.8) is 0 Å². The molecule has 0 N–H and O–H groups in total. The van der Waals surface area contributed by atoms with E-state index in [1.165, 1.54) is 25.5 Å². The van der Waals surface area contributed by atoms with E-state index < -0.39 is 0 Å². The van der Waals surface area contributed by atoms with Gasteiger partial charge in [0.15, 0.2) is 5.76 Å². The molecule has 3 aliphatic rings. The topological polar surface area (TPSA) is 57.0 Å². The van der Waals surface area contributed by atoms with Gasteiger partial charge >= 0.3 is 0 Å². The van der Waals surface area contributed by atoms with Crippen molar-refractivity contribution in [1.29, 1.82) is 0 Å². The molecule has 3 fully saturated rings. The molecule has 1 unspecified atom stereocenters. The molecule has 0 aromatic carbocycles. The first-order chi connectivity index (χ1) is 13.2. The van der Waals surface area contributed by atoms with Crippen LogP contribution in [0.3, 0.4) is 0 Å². The van der Waals surface area contributed by atoms with Gasteiger partial charge in [-0.05, 0) is 63.7 Å². The minimum absolute atomic E-state index is 0.0553. The van der Waals surface area contributed by atoms with Crippen molar-refractivity contribution >= 4 is 11.8 Å². The SMILES string of the molecule is O=C(c1ccco1)N1CCCC(N(CCN2CCCC2)C(=O)C2CCC2)C1. The van der Waals surface area contributed by atoms with E-state index in [1.54, 1.807) is 12.1 Å². The molecule has 0 bridgehead atoms. The predicted octanol–water partition coefficient (Wildman–Crippen LogP) is 2.61. The second kappa shape index (κ2) is 8.46. The van der Waals surface area contributed by atoms with Gasteiger partial charge in [-0.1, -0.05) is 6.42 Å². The number of amides is 2. The van der Waals surface area contributed by atoms with Gasteiger partial charge in [-0.3, -0.25) is 9.59 Å². The summed E-state index contributed by atoms with van der Waals surface area (Å²) >= 11 is 0. The number of carbonyl (C=O) groups excluding carboxylic acids is 2. The second-order valence-electron chi connectivity index (χ2n) is 8.23. The predicted molar refractivity (Wildman–Crippen MR) is 102 cm³/mol. The Morgan fingerprint density at radius 3 is 2.56 bits per heavy atom. The van der Waals surface area contributed by atoms with E-state index in [0.717, 1.165) is 58.4 Å². The molecule has 27 heavy (non-hydrogen) atoms. The molecular formula is C21H31N3O3. The molecular weight excluding hydrogens is 342 g/mol. The van der Waals surface area contributed by atoms with Crippen molar-refractivity contribution in [2.75, 3.05) is 39.3 Å². The van der Waals surface area contributed by atoms with Crippen LogP contribution in [0.2, 0.25) is 0 Å². The third kappa shape index (κ3) is 4.21. The monoisotopic (exact) mass is 373 g/mol. The lowest BCUT2D eigenvalue weighted by Gasteiger charge is -2.42. The average Bonchev–Trinajstić information content (AvgIpc) is 3.34. The zero-order chi connectivity index (χ0) is 18.6. The van der Waals surface area contributed by atoms with E-state index >= 15 is 0 Å². The molecule has 4 rings (SSSR count). The third-order valence-electron chi connectivity index (χ3n) is 6.45. The molecule has 2 saturated heterocycles. The van der Waals surface area contributed by atoms with Gasteiger partial charge in [-0.15, -0.1) is 0 Å². The normalized spacial score (nSPS) is 24.0. The Kier molecular flexibility index (Phi) is 5.81. The minimum atomic E-state index is -0.0553. The molecule has 6 heteroatoms. The molecule has 3 heterocycles. The van der Waals surface area contributed by atoms with Crippen LogP contribution in [0.25, 0.3) is 0 Å². The van der Waals surface area contributed by atoms with Gasteiger partial charge < -0.3 is 19.1 Å². The lowest BCUT2D eigenvalue weighted by atomic mass is 9.83. The minimum Gasteiger partial charge on any atom is -0.459 e. The van der Waals surface area contributed by atoms with Gasteiger partial charge in [0.1, 0.15) is 0 Å². The van der Waals surface area contributed by atoms with Crippen LogP contribution in [0, 0.1) is 5.92 Å². The summed E-state index contributed by atoms with van der Waals surface area (Å²) < 4.78 is 5.29. The summed E-state index contributed by atoms with van der Waals surface area (Å²) in [7, 11) is 0.